The van der Waals surface area contributed by atoms with Gasteiger partial charge in [-0.15, -0.1) is 30.4 Å². The number of guanidine groups is 1. The molecule has 0 aliphatic rings. The molecule has 0 saturated carbocycles. The zero-order valence-corrected chi connectivity index (χ0v) is 17.0. The fourth-order valence-electron chi connectivity index (χ4n) is 2.02. The average molecular weight is 445 g/mol. The minimum absolute atomic E-state index is 0. The Kier molecular flexibility index (Phi) is 13.1. The van der Waals surface area contributed by atoms with E-state index in [9.17, 15) is 0 Å². The summed E-state index contributed by atoms with van der Waals surface area (Å²) in [4.78, 5) is 4.58. The van der Waals surface area contributed by atoms with Gasteiger partial charge in [0.15, 0.2) is 5.96 Å². The van der Waals surface area contributed by atoms with Crippen molar-refractivity contribution in [2.75, 3.05) is 33.4 Å². The largest absolute Gasteiger partial charge is 0.481 e. The van der Waals surface area contributed by atoms with Crippen molar-refractivity contribution in [3.05, 3.63) is 29.8 Å². The summed E-state index contributed by atoms with van der Waals surface area (Å²) >= 11 is 0. The van der Waals surface area contributed by atoms with E-state index in [-0.39, 0.29) is 30.0 Å². The SMILES string of the molecule is C#CCOc1ccc(CCN=C(NCC)NC(C)COC)cc1.I. The summed E-state index contributed by atoms with van der Waals surface area (Å²) in [5.41, 5.74) is 1.21. The van der Waals surface area contributed by atoms with Gasteiger partial charge in [-0.3, -0.25) is 4.99 Å². The zero-order valence-electron chi connectivity index (χ0n) is 14.7. The van der Waals surface area contributed by atoms with E-state index in [2.05, 4.69) is 28.5 Å². The van der Waals surface area contributed by atoms with Gasteiger partial charge in [0, 0.05) is 26.2 Å². The molecule has 0 radical (unpaired) electrons. The van der Waals surface area contributed by atoms with Gasteiger partial charge in [0.25, 0.3) is 0 Å². The number of nitrogens with one attached hydrogen (secondary N) is 2. The van der Waals surface area contributed by atoms with Gasteiger partial charge in [0.1, 0.15) is 12.4 Å². The van der Waals surface area contributed by atoms with Crippen molar-refractivity contribution in [2.45, 2.75) is 26.3 Å². The molecule has 1 aromatic carbocycles. The van der Waals surface area contributed by atoms with E-state index in [1.165, 1.54) is 5.56 Å². The van der Waals surface area contributed by atoms with Gasteiger partial charge in [-0.2, -0.15) is 0 Å². The molecule has 5 nitrogen and oxygen atoms in total. The summed E-state index contributed by atoms with van der Waals surface area (Å²) in [5, 5.41) is 6.55. The standard InChI is InChI=1S/C18H27N3O2.HI/c1-5-13-23-17-9-7-16(8-10-17)11-12-20-18(19-6-2)21-15(3)14-22-4;/h1,7-10,15H,6,11-14H2,2-4H3,(H2,19,20,21);1H. The summed E-state index contributed by atoms with van der Waals surface area (Å²) in [7, 11) is 1.69. The van der Waals surface area contributed by atoms with E-state index >= 15 is 0 Å². The van der Waals surface area contributed by atoms with Crippen molar-refractivity contribution in [1.82, 2.24) is 10.6 Å². The normalized spacial score (nSPS) is 11.8. The quantitative estimate of drug-likeness (QED) is 0.266. The van der Waals surface area contributed by atoms with Gasteiger partial charge in [-0.05, 0) is 38.0 Å². The second-order valence-electron chi connectivity index (χ2n) is 5.15. The number of methoxy groups -OCH3 is 1. The summed E-state index contributed by atoms with van der Waals surface area (Å²) in [6.45, 7) is 6.58. The van der Waals surface area contributed by atoms with Gasteiger partial charge in [0.05, 0.1) is 6.61 Å². The summed E-state index contributed by atoms with van der Waals surface area (Å²) in [5.74, 6) is 4.05. The highest BCUT2D eigenvalue weighted by Gasteiger charge is 2.04. The number of rotatable bonds is 9. The van der Waals surface area contributed by atoms with Gasteiger partial charge >= 0.3 is 0 Å². The van der Waals surface area contributed by atoms with E-state index in [0.29, 0.717) is 19.8 Å². The van der Waals surface area contributed by atoms with Crippen molar-refractivity contribution in [1.29, 1.82) is 0 Å². The van der Waals surface area contributed by atoms with Crippen LogP contribution in [0.2, 0.25) is 0 Å². The maximum atomic E-state index is 5.36. The van der Waals surface area contributed by atoms with Gasteiger partial charge in [-0.25, -0.2) is 0 Å². The molecule has 6 heteroatoms. The number of benzene rings is 1. The monoisotopic (exact) mass is 445 g/mol. The van der Waals surface area contributed by atoms with Crippen molar-refractivity contribution >= 4 is 29.9 Å². The molecule has 0 aliphatic heterocycles. The molecule has 1 aromatic rings. The first-order valence-electron chi connectivity index (χ1n) is 7.88. The molecule has 1 atom stereocenters. The molecular formula is C18H28IN3O2. The van der Waals surface area contributed by atoms with Crippen LogP contribution in [0.3, 0.4) is 0 Å². The second kappa shape index (κ2) is 13.9. The Morgan fingerprint density at radius 3 is 2.62 bits per heavy atom. The van der Waals surface area contributed by atoms with Crippen LogP contribution in [-0.4, -0.2) is 45.4 Å². The lowest BCUT2D eigenvalue weighted by Crippen LogP contribution is -2.44. The highest BCUT2D eigenvalue weighted by Crippen LogP contribution is 2.12. The maximum absolute atomic E-state index is 5.36. The third-order valence-electron chi connectivity index (χ3n) is 3.06. The van der Waals surface area contributed by atoms with E-state index < -0.39 is 0 Å². The Balaban J connectivity index is 0.00000529. The smallest absolute Gasteiger partial charge is 0.191 e. The number of halogens is 1. The molecule has 134 valence electrons. The van der Waals surface area contributed by atoms with Crippen LogP contribution in [0.15, 0.2) is 29.3 Å². The van der Waals surface area contributed by atoms with Gasteiger partial charge < -0.3 is 20.1 Å². The van der Waals surface area contributed by atoms with Crippen LogP contribution >= 0.6 is 24.0 Å². The molecule has 0 fully saturated rings. The molecule has 1 unspecified atom stereocenters. The summed E-state index contributed by atoms with van der Waals surface area (Å²) in [6.07, 6.45) is 6.03. The number of terminal acetylenes is 1. The van der Waals surface area contributed by atoms with Gasteiger partial charge in [0.2, 0.25) is 0 Å². The fourth-order valence-corrected chi connectivity index (χ4v) is 2.02. The van der Waals surface area contributed by atoms with Crippen molar-refractivity contribution in [3.8, 4) is 18.1 Å². The van der Waals surface area contributed by atoms with E-state index in [0.717, 1.165) is 24.7 Å². The molecular weight excluding hydrogens is 417 g/mol. The van der Waals surface area contributed by atoms with Crippen LogP contribution in [0.25, 0.3) is 0 Å². The molecule has 0 heterocycles. The van der Waals surface area contributed by atoms with E-state index in [1.807, 2.05) is 31.2 Å². The highest BCUT2D eigenvalue weighted by molar-refractivity contribution is 14.0. The molecule has 1 rings (SSSR count). The Hall–Kier alpha value is -1.46. The molecule has 0 amide bonds. The number of nitrogens with zero attached hydrogens (tertiary/aromatic N) is 1. The van der Waals surface area contributed by atoms with Crippen LogP contribution in [0.4, 0.5) is 0 Å². The Morgan fingerprint density at radius 2 is 2.04 bits per heavy atom. The first-order valence-corrected chi connectivity index (χ1v) is 7.88. The number of ether oxygens (including phenoxy) is 2. The third-order valence-corrected chi connectivity index (χ3v) is 3.06. The molecule has 0 spiro atoms. The lowest BCUT2D eigenvalue weighted by molar-refractivity contribution is 0.179. The summed E-state index contributed by atoms with van der Waals surface area (Å²) < 4.78 is 10.5. The Labute approximate surface area is 162 Å². The number of hydrogen-bond acceptors (Lipinski definition) is 3. The lowest BCUT2D eigenvalue weighted by Gasteiger charge is -2.17. The Bertz CT molecular complexity index is 512. The second-order valence-corrected chi connectivity index (χ2v) is 5.15. The van der Waals surface area contributed by atoms with E-state index in [1.54, 1.807) is 7.11 Å². The highest BCUT2D eigenvalue weighted by atomic mass is 127. The molecule has 2 N–H and O–H groups in total. The number of hydrogen-bond donors (Lipinski definition) is 2. The van der Waals surface area contributed by atoms with Crippen molar-refractivity contribution in [2.24, 2.45) is 4.99 Å². The average Bonchev–Trinajstić information content (AvgIpc) is 2.54. The first-order chi connectivity index (χ1) is 11.2. The fraction of sp³-hybridized carbons (Fsp3) is 0.500. The number of aliphatic imine (C=N–C) groups is 1. The first kappa shape index (κ1) is 22.5. The molecule has 0 aromatic heterocycles. The molecule has 0 bridgehead atoms. The maximum Gasteiger partial charge on any atom is 0.191 e. The predicted molar refractivity (Wildman–Crippen MR) is 110 cm³/mol. The van der Waals surface area contributed by atoms with Crippen LogP contribution < -0.4 is 15.4 Å². The minimum atomic E-state index is 0. The van der Waals surface area contributed by atoms with Crippen molar-refractivity contribution in [3.63, 3.8) is 0 Å². The third kappa shape index (κ3) is 9.63. The molecule has 0 saturated heterocycles. The van der Waals surface area contributed by atoms with Crippen LogP contribution in [0.1, 0.15) is 19.4 Å². The van der Waals surface area contributed by atoms with Crippen LogP contribution in [0, 0.1) is 12.3 Å². The molecule has 24 heavy (non-hydrogen) atoms. The minimum Gasteiger partial charge on any atom is -0.481 e. The van der Waals surface area contributed by atoms with Gasteiger partial charge in [-0.1, -0.05) is 18.1 Å². The molecule has 0 aliphatic carbocycles. The summed E-state index contributed by atoms with van der Waals surface area (Å²) in [6, 6.07) is 8.15. The van der Waals surface area contributed by atoms with Crippen LogP contribution in [0.5, 0.6) is 5.75 Å². The predicted octanol–water partition coefficient (Wildman–Crippen LogP) is 2.45. The Morgan fingerprint density at radius 1 is 1.33 bits per heavy atom. The lowest BCUT2D eigenvalue weighted by atomic mass is 10.1. The topological polar surface area (TPSA) is 54.9 Å². The zero-order chi connectivity index (χ0) is 16.9. The van der Waals surface area contributed by atoms with Crippen molar-refractivity contribution < 1.29 is 9.47 Å². The van der Waals surface area contributed by atoms with Crippen LogP contribution in [-0.2, 0) is 11.2 Å². The van der Waals surface area contributed by atoms with E-state index in [4.69, 9.17) is 15.9 Å².